The van der Waals surface area contributed by atoms with E-state index in [4.69, 9.17) is 0 Å². The van der Waals surface area contributed by atoms with Crippen molar-refractivity contribution in [2.75, 3.05) is 5.33 Å². The number of sulfonamides is 1. The standard InChI is InChI=1S/C9H11Br2NO2S2/c10-6-9(4-1-5-9)12-16(13,14)8-3-2-7(11)15-8/h2-3,12H,1,4-6H2. The molecule has 1 fully saturated rings. The van der Waals surface area contributed by atoms with Crippen LogP contribution in [0.4, 0.5) is 0 Å². The predicted molar refractivity (Wildman–Crippen MR) is 72.7 cm³/mol. The van der Waals surface area contributed by atoms with Crippen molar-refractivity contribution in [1.82, 2.24) is 4.72 Å². The van der Waals surface area contributed by atoms with Gasteiger partial charge >= 0.3 is 0 Å². The van der Waals surface area contributed by atoms with Crippen LogP contribution >= 0.6 is 43.2 Å². The minimum atomic E-state index is -3.36. The van der Waals surface area contributed by atoms with E-state index in [0.717, 1.165) is 23.0 Å². The number of rotatable bonds is 4. The van der Waals surface area contributed by atoms with Gasteiger partial charge in [-0.15, -0.1) is 11.3 Å². The summed E-state index contributed by atoms with van der Waals surface area (Å²) in [7, 11) is -3.36. The van der Waals surface area contributed by atoms with Gasteiger partial charge in [-0.05, 0) is 47.3 Å². The van der Waals surface area contributed by atoms with Gasteiger partial charge in [0, 0.05) is 10.9 Å². The third-order valence-corrected chi connectivity index (χ3v) is 7.50. The highest BCUT2D eigenvalue weighted by Gasteiger charge is 2.40. The van der Waals surface area contributed by atoms with Crippen molar-refractivity contribution in [1.29, 1.82) is 0 Å². The van der Waals surface area contributed by atoms with Crippen molar-refractivity contribution in [2.45, 2.75) is 29.0 Å². The van der Waals surface area contributed by atoms with Crippen LogP contribution in [0.1, 0.15) is 19.3 Å². The lowest BCUT2D eigenvalue weighted by Crippen LogP contribution is -2.54. The van der Waals surface area contributed by atoms with Gasteiger partial charge in [-0.3, -0.25) is 0 Å². The van der Waals surface area contributed by atoms with Gasteiger partial charge in [0.1, 0.15) is 4.21 Å². The maximum atomic E-state index is 12.1. The number of nitrogens with one attached hydrogen (secondary N) is 1. The number of hydrogen-bond acceptors (Lipinski definition) is 3. The summed E-state index contributed by atoms with van der Waals surface area (Å²) >= 11 is 7.88. The second-order valence-electron chi connectivity index (χ2n) is 3.93. The molecular formula is C9H11Br2NO2S2. The zero-order chi connectivity index (χ0) is 11.8. The van der Waals surface area contributed by atoms with Gasteiger partial charge in [-0.25, -0.2) is 13.1 Å². The van der Waals surface area contributed by atoms with Gasteiger partial charge in [-0.2, -0.15) is 0 Å². The molecule has 0 atom stereocenters. The largest absolute Gasteiger partial charge is 0.250 e. The van der Waals surface area contributed by atoms with Gasteiger partial charge in [-0.1, -0.05) is 15.9 Å². The third kappa shape index (κ3) is 2.53. The molecule has 1 aromatic heterocycles. The SMILES string of the molecule is O=S(=O)(NC1(CBr)CCC1)c1ccc(Br)s1. The van der Waals surface area contributed by atoms with Crippen molar-refractivity contribution in [2.24, 2.45) is 0 Å². The summed E-state index contributed by atoms with van der Waals surface area (Å²) < 4.78 is 28.1. The van der Waals surface area contributed by atoms with E-state index in [1.54, 1.807) is 12.1 Å². The molecule has 1 aromatic rings. The molecular weight excluding hydrogens is 378 g/mol. The minimum Gasteiger partial charge on any atom is -0.206 e. The van der Waals surface area contributed by atoms with Gasteiger partial charge in [0.05, 0.1) is 3.79 Å². The summed E-state index contributed by atoms with van der Waals surface area (Å²) in [6.45, 7) is 0. The van der Waals surface area contributed by atoms with Gasteiger partial charge in [0.25, 0.3) is 10.0 Å². The average Bonchev–Trinajstić information content (AvgIpc) is 2.59. The Bertz CT molecular complexity index is 474. The predicted octanol–water partition coefficient (Wildman–Crippen LogP) is 3.11. The van der Waals surface area contributed by atoms with Crippen molar-refractivity contribution in [3.05, 3.63) is 15.9 Å². The Hall–Kier alpha value is 0.570. The fourth-order valence-corrected chi connectivity index (χ4v) is 6.00. The van der Waals surface area contributed by atoms with Crippen LogP contribution in [0.3, 0.4) is 0 Å². The van der Waals surface area contributed by atoms with Crippen molar-refractivity contribution >= 4 is 53.2 Å². The van der Waals surface area contributed by atoms with Crippen LogP contribution in [-0.4, -0.2) is 19.3 Å². The number of hydrogen-bond donors (Lipinski definition) is 1. The topological polar surface area (TPSA) is 46.2 Å². The molecule has 1 aliphatic carbocycles. The Morgan fingerprint density at radius 3 is 2.50 bits per heavy atom. The molecule has 2 rings (SSSR count). The molecule has 0 unspecified atom stereocenters. The second kappa shape index (κ2) is 4.68. The van der Waals surface area contributed by atoms with Crippen molar-refractivity contribution in [3.8, 4) is 0 Å². The zero-order valence-electron chi connectivity index (χ0n) is 8.37. The Morgan fingerprint density at radius 2 is 2.12 bits per heavy atom. The van der Waals surface area contributed by atoms with E-state index >= 15 is 0 Å². The van der Waals surface area contributed by atoms with E-state index in [9.17, 15) is 8.42 Å². The van der Waals surface area contributed by atoms with E-state index < -0.39 is 10.0 Å². The number of alkyl halides is 1. The highest BCUT2D eigenvalue weighted by atomic mass is 79.9. The first kappa shape index (κ1) is 13.0. The molecule has 1 heterocycles. The van der Waals surface area contributed by atoms with Gasteiger partial charge < -0.3 is 0 Å². The first-order valence-electron chi connectivity index (χ1n) is 4.83. The van der Waals surface area contributed by atoms with Crippen LogP contribution in [-0.2, 0) is 10.0 Å². The average molecular weight is 389 g/mol. The maximum absolute atomic E-state index is 12.1. The molecule has 0 bridgehead atoms. The number of halogens is 2. The summed E-state index contributed by atoms with van der Waals surface area (Å²) in [6.07, 6.45) is 2.90. The molecule has 1 N–H and O–H groups in total. The van der Waals surface area contributed by atoms with Crippen LogP contribution < -0.4 is 4.72 Å². The summed E-state index contributed by atoms with van der Waals surface area (Å²) in [5, 5.41) is 0.672. The molecule has 1 aliphatic rings. The van der Waals surface area contributed by atoms with Crippen LogP contribution in [0, 0.1) is 0 Å². The Kier molecular flexibility index (Phi) is 3.81. The van der Waals surface area contributed by atoms with E-state index in [-0.39, 0.29) is 5.54 Å². The molecule has 90 valence electrons. The van der Waals surface area contributed by atoms with Gasteiger partial charge in [0.15, 0.2) is 0 Å². The summed E-state index contributed by atoms with van der Waals surface area (Å²) in [5.41, 5.74) is -0.269. The molecule has 7 heteroatoms. The zero-order valence-corrected chi connectivity index (χ0v) is 13.2. The van der Waals surface area contributed by atoms with E-state index in [1.165, 1.54) is 11.3 Å². The van der Waals surface area contributed by atoms with Crippen LogP contribution in [0.15, 0.2) is 20.1 Å². The third-order valence-electron chi connectivity index (χ3n) is 2.73. The molecule has 1 saturated carbocycles. The van der Waals surface area contributed by atoms with Crippen LogP contribution in [0.25, 0.3) is 0 Å². The van der Waals surface area contributed by atoms with Crippen molar-refractivity contribution < 1.29 is 8.42 Å². The van der Waals surface area contributed by atoms with E-state index in [2.05, 4.69) is 36.6 Å². The molecule has 3 nitrogen and oxygen atoms in total. The Morgan fingerprint density at radius 1 is 1.44 bits per heavy atom. The fraction of sp³-hybridized carbons (Fsp3) is 0.556. The highest BCUT2D eigenvalue weighted by Crippen LogP contribution is 2.36. The van der Waals surface area contributed by atoms with E-state index in [1.807, 2.05) is 0 Å². The quantitative estimate of drug-likeness (QED) is 0.805. The molecule has 16 heavy (non-hydrogen) atoms. The fourth-order valence-electron chi connectivity index (χ4n) is 1.64. The molecule has 0 radical (unpaired) electrons. The lowest BCUT2D eigenvalue weighted by molar-refractivity contribution is 0.256. The van der Waals surface area contributed by atoms with Crippen molar-refractivity contribution in [3.63, 3.8) is 0 Å². The summed E-state index contributed by atoms with van der Waals surface area (Å²) in [6, 6.07) is 3.37. The first-order valence-corrected chi connectivity index (χ1v) is 9.04. The lowest BCUT2D eigenvalue weighted by Gasteiger charge is -2.40. The van der Waals surface area contributed by atoms with E-state index in [0.29, 0.717) is 9.54 Å². The first-order chi connectivity index (χ1) is 7.47. The Balaban J connectivity index is 2.20. The smallest absolute Gasteiger partial charge is 0.206 e. The lowest BCUT2D eigenvalue weighted by atomic mass is 9.80. The van der Waals surface area contributed by atoms with Crippen LogP contribution in [0.5, 0.6) is 0 Å². The molecule has 0 amide bonds. The maximum Gasteiger partial charge on any atom is 0.250 e. The van der Waals surface area contributed by atoms with Crippen LogP contribution in [0.2, 0.25) is 0 Å². The molecule has 0 spiro atoms. The second-order valence-corrected chi connectivity index (χ2v) is 8.86. The minimum absolute atomic E-state index is 0.269. The summed E-state index contributed by atoms with van der Waals surface area (Å²) in [5.74, 6) is 0. The summed E-state index contributed by atoms with van der Waals surface area (Å²) in [4.78, 5) is 0. The molecule has 0 aliphatic heterocycles. The molecule has 0 saturated heterocycles. The van der Waals surface area contributed by atoms with Gasteiger partial charge in [0.2, 0.25) is 0 Å². The number of thiophene rings is 1. The Labute approximate surface area is 116 Å². The normalized spacial score (nSPS) is 19.4. The molecule has 0 aromatic carbocycles. The highest BCUT2D eigenvalue weighted by molar-refractivity contribution is 9.11. The monoisotopic (exact) mass is 387 g/mol.